The van der Waals surface area contributed by atoms with Gasteiger partial charge in [0.15, 0.2) is 0 Å². The molecule has 4 nitrogen and oxygen atoms in total. The van der Waals surface area contributed by atoms with E-state index >= 15 is 0 Å². The number of carbonyl (C=O) groups excluding carboxylic acids is 1. The van der Waals surface area contributed by atoms with Gasteiger partial charge in [-0.15, -0.1) is 0 Å². The van der Waals surface area contributed by atoms with E-state index in [2.05, 4.69) is 0 Å². The minimum atomic E-state index is -0.905. The molecule has 1 fully saturated rings. The molecule has 1 aliphatic heterocycles. The van der Waals surface area contributed by atoms with Gasteiger partial charge < -0.3 is 14.7 Å². The van der Waals surface area contributed by atoms with Crippen molar-refractivity contribution >= 4 is 11.5 Å². The molecule has 34 heavy (non-hydrogen) atoms. The molecule has 3 aromatic carbocycles. The molecule has 1 saturated heterocycles. The van der Waals surface area contributed by atoms with Crippen molar-refractivity contribution < 1.29 is 19.0 Å². The number of allylic oxidation sites excluding steroid dienone is 1. The number of hydrogen-bond donors (Lipinski definition) is 1. The van der Waals surface area contributed by atoms with Crippen LogP contribution in [-0.4, -0.2) is 36.1 Å². The summed E-state index contributed by atoms with van der Waals surface area (Å²) in [6, 6.07) is 23.9. The van der Waals surface area contributed by atoms with Crippen molar-refractivity contribution in [1.82, 2.24) is 4.90 Å². The van der Waals surface area contributed by atoms with E-state index < -0.39 is 5.60 Å². The number of nitrogens with zero attached hydrogens (tertiary/aromatic N) is 1. The summed E-state index contributed by atoms with van der Waals surface area (Å²) in [6.45, 7) is 0.973. The van der Waals surface area contributed by atoms with Gasteiger partial charge in [-0.05, 0) is 66.1 Å². The highest BCUT2D eigenvalue weighted by Gasteiger charge is 2.35. The number of piperidine rings is 1. The second-order valence-electron chi connectivity index (χ2n) is 8.71. The lowest BCUT2D eigenvalue weighted by Crippen LogP contribution is -2.44. The quantitative estimate of drug-likeness (QED) is 0.484. The minimum absolute atomic E-state index is 0.0693. The van der Waals surface area contributed by atoms with Gasteiger partial charge >= 0.3 is 0 Å². The van der Waals surface area contributed by atoms with Crippen molar-refractivity contribution in [3.8, 4) is 5.75 Å². The van der Waals surface area contributed by atoms with Crippen LogP contribution in [0.25, 0.3) is 5.57 Å². The largest absolute Gasteiger partial charge is 0.496 e. The SMILES string of the molecule is COc1ccc(F)cc1CC/C(=C/C(=O)N1CCC(O)(c2ccccc2)CC1)c1ccccc1. The third kappa shape index (κ3) is 5.54. The number of hydrogen-bond acceptors (Lipinski definition) is 3. The fourth-order valence-corrected chi connectivity index (χ4v) is 4.54. The number of halogens is 1. The maximum atomic E-state index is 13.8. The van der Waals surface area contributed by atoms with Gasteiger partial charge in [-0.25, -0.2) is 4.39 Å². The van der Waals surface area contributed by atoms with E-state index in [-0.39, 0.29) is 11.7 Å². The van der Waals surface area contributed by atoms with E-state index in [1.165, 1.54) is 12.1 Å². The fraction of sp³-hybridized carbons (Fsp3) is 0.276. The summed E-state index contributed by atoms with van der Waals surface area (Å²) in [5.41, 5.74) is 2.61. The molecule has 1 aliphatic rings. The monoisotopic (exact) mass is 459 g/mol. The molecule has 0 unspecified atom stereocenters. The first-order chi connectivity index (χ1) is 16.5. The lowest BCUT2D eigenvalue weighted by atomic mass is 9.84. The summed E-state index contributed by atoms with van der Waals surface area (Å²) in [7, 11) is 1.57. The van der Waals surface area contributed by atoms with Gasteiger partial charge in [0, 0.05) is 19.2 Å². The van der Waals surface area contributed by atoms with Crippen molar-refractivity contribution in [1.29, 1.82) is 0 Å². The Labute approximate surface area is 200 Å². The van der Waals surface area contributed by atoms with Crippen LogP contribution in [0.15, 0.2) is 84.9 Å². The molecule has 0 spiro atoms. The molecule has 0 saturated carbocycles. The fourth-order valence-electron chi connectivity index (χ4n) is 4.54. The molecule has 176 valence electrons. The highest BCUT2D eigenvalue weighted by Crippen LogP contribution is 2.33. The third-order valence-corrected chi connectivity index (χ3v) is 6.56. The Balaban J connectivity index is 1.50. The van der Waals surface area contributed by atoms with Crippen LogP contribution < -0.4 is 4.74 Å². The Morgan fingerprint density at radius 1 is 1.03 bits per heavy atom. The molecule has 0 bridgehead atoms. The summed E-state index contributed by atoms with van der Waals surface area (Å²) in [5, 5.41) is 11.1. The van der Waals surface area contributed by atoms with E-state index in [1.54, 1.807) is 24.2 Å². The van der Waals surface area contributed by atoms with Gasteiger partial charge in [-0.1, -0.05) is 60.7 Å². The number of aryl methyl sites for hydroxylation is 1. The zero-order valence-electron chi connectivity index (χ0n) is 19.4. The molecule has 4 rings (SSSR count). The summed E-state index contributed by atoms with van der Waals surface area (Å²) in [5.74, 6) is 0.257. The van der Waals surface area contributed by atoms with Crippen LogP contribution in [0.3, 0.4) is 0 Å². The maximum absolute atomic E-state index is 13.8. The highest BCUT2D eigenvalue weighted by atomic mass is 19.1. The number of methoxy groups -OCH3 is 1. The van der Waals surface area contributed by atoms with Crippen molar-refractivity contribution in [2.45, 2.75) is 31.3 Å². The van der Waals surface area contributed by atoms with Crippen LogP contribution in [0.4, 0.5) is 4.39 Å². The summed E-state index contributed by atoms with van der Waals surface area (Å²) in [4.78, 5) is 15.0. The number of carbonyl (C=O) groups is 1. The standard InChI is InChI=1S/C29H30FNO3/c1-34-27-15-14-26(30)20-24(27)13-12-23(22-8-4-2-5-9-22)21-28(32)31-18-16-29(33,17-19-31)25-10-6-3-7-11-25/h2-11,14-15,20-21,33H,12-13,16-19H2,1H3/b23-21-. The zero-order valence-corrected chi connectivity index (χ0v) is 19.4. The second kappa shape index (κ2) is 10.7. The van der Waals surface area contributed by atoms with E-state index in [1.807, 2.05) is 60.7 Å². The Morgan fingerprint density at radius 2 is 1.68 bits per heavy atom. The molecule has 3 aromatic rings. The number of aliphatic hydroxyl groups is 1. The van der Waals surface area contributed by atoms with E-state index in [4.69, 9.17) is 4.74 Å². The zero-order chi connectivity index (χ0) is 24.0. The van der Waals surface area contributed by atoms with Crippen molar-refractivity contribution in [3.05, 3.63) is 107 Å². The highest BCUT2D eigenvalue weighted by molar-refractivity contribution is 5.95. The molecule has 1 N–H and O–H groups in total. The Kier molecular flexibility index (Phi) is 7.43. The summed E-state index contributed by atoms with van der Waals surface area (Å²) >= 11 is 0. The van der Waals surface area contributed by atoms with Gasteiger partial charge in [0.05, 0.1) is 12.7 Å². The Bertz CT molecular complexity index is 1140. The molecule has 0 aliphatic carbocycles. The second-order valence-corrected chi connectivity index (χ2v) is 8.71. The first-order valence-electron chi connectivity index (χ1n) is 11.6. The van der Waals surface area contributed by atoms with Gasteiger partial charge in [-0.2, -0.15) is 0 Å². The predicted molar refractivity (Wildman–Crippen MR) is 132 cm³/mol. The van der Waals surface area contributed by atoms with E-state index in [0.29, 0.717) is 44.5 Å². The number of benzene rings is 3. The number of amides is 1. The smallest absolute Gasteiger partial charge is 0.246 e. The Hall–Kier alpha value is -3.44. The molecule has 0 atom stereocenters. The third-order valence-electron chi connectivity index (χ3n) is 6.56. The van der Waals surface area contributed by atoms with Crippen LogP contribution in [0.2, 0.25) is 0 Å². The van der Waals surface area contributed by atoms with Gasteiger partial charge in [0.1, 0.15) is 11.6 Å². The normalized spacial score (nSPS) is 15.7. The summed E-state index contributed by atoms with van der Waals surface area (Å²) < 4.78 is 19.2. The first kappa shape index (κ1) is 23.7. The van der Waals surface area contributed by atoms with Crippen LogP contribution >= 0.6 is 0 Å². The molecule has 1 amide bonds. The average molecular weight is 460 g/mol. The molecular formula is C29H30FNO3. The predicted octanol–water partition coefficient (Wildman–Crippen LogP) is 5.36. The molecule has 5 heteroatoms. The summed E-state index contributed by atoms with van der Waals surface area (Å²) in [6.07, 6.45) is 3.80. The lowest BCUT2D eigenvalue weighted by Gasteiger charge is -2.38. The van der Waals surface area contributed by atoms with E-state index in [9.17, 15) is 14.3 Å². The Morgan fingerprint density at radius 3 is 2.32 bits per heavy atom. The average Bonchev–Trinajstić information content (AvgIpc) is 2.88. The molecule has 0 radical (unpaired) electrons. The van der Waals surface area contributed by atoms with Crippen LogP contribution in [-0.2, 0) is 16.8 Å². The molecular weight excluding hydrogens is 429 g/mol. The van der Waals surface area contributed by atoms with Gasteiger partial charge in [0.2, 0.25) is 5.91 Å². The van der Waals surface area contributed by atoms with Crippen molar-refractivity contribution in [3.63, 3.8) is 0 Å². The van der Waals surface area contributed by atoms with E-state index in [0.717, 1.165) is 22.3 Å². The van der Waals surface area contributed by atoms with Crippen molar-refractivity contribution in [2.75, 3.05) is 20.2 Å². The van der Waals surface area contributed by atoms with Gasteiger partial charge in [0.25, 0.3) is 0 Å². The topological polar surface area (TPSA) is 49.8 Å². The van der Waals surface area contributed by atoms with Gasteiger partial charge in [-0.3, -0.25) is 4.79 Å². The van der Waals surface area contributed by atoms with Crippen LogP contribution in [0.5, 0.6) is 5.75 Å². The molecule has 1 heterocycles. The lowest BCUT2D eigenvalue weighted by molar-refractivity contribution is -0.130. The number of likely N-dealkylation sites (tertiary alicyclic amines) is 1. The van der Waals surface area contributed by atoms with Crippen LogP contribution in [0.1, 0.15) is 36.0 Å². The van der Waals surface area contributed by atoms with Crippen molar-refractivity contribution in [2.24, 2.45) is 0 Å². The molecule has 0 aromatic heterocycles. The maximum Gasteiger partial charge on any atom is 0.246 e. The number of ether oxygens (including phenoxy) is 1. The number of rotatable bonds is 7. The minimum Gasteiger partial charge on any atom is -0.496 e. The van der Waals surface area contributed by atoms with Crippen LogP contribution in [0, 0.1) is 5.82 Å². The first-order valence-corrected chi connectivity index (χ1v) is 11.6.